The number of pyridine rings is 1. The molecule has 0 radical (unpaired) electrons. The quantitative estimate of drug-likeness (QED) is 0.513. The minimum Gasteiger partial charge on any atom is -0.331 e. The van der Waals surface area contributed by atoms with Gasteiger partial charge in [0, 0.05) is 18.1 Å². The highest BCUT2D eigenvalue weighted by Gasteiger charge is 1.96. The Morgan fingerprint density at radius 3 is 2.53 bits per heavy atom. The van der Waals surface area contributed by atoms with Crippen LogP contribution in [0.2, 0.25) is 0 Å². The van der Waals surface area contributed by atoms with E-state index in [1.165, 1.54) is 12.1 Å². The van der Waals surface area contributed by atoms with Crippen molar-refractivity contribution in [3.8, 4) is 0 Å². The molecule has 0 amide bonds. The molecular formula is C13H11FN4S. The van der Waals surface area contributed by atoms with Gasteiger partial charge in [-0.2, -0.15) is 5.10 Å². The van der Waals surface area contributed by atoms with Crippen LogP contribution in [0.3, 0.4) is 0 Å². The molecular weight excluding hydrogens is 263 g/mol. The van der Waals surface area contributed by atoms with E-state index in [4.69, 9.17) is 12.2 Å². The largest absolute Gasteiger partial charge is 0.331 e. The third-order valence-electron chi connectivity index (χ3n) is 2.19. The standard InChI is InChI=1S/C13H11FN4S/c14-11-1-3-12(4-2-11)17-13(19)18-16-9-10-5-7-15-8-6-10/h1-9H,(H2,17,18,19)/b16-9-. The van der Waals surface area contributed by atoms with Gasteiger partial charge in [-0.05, 0) is 54.2 Å². The Morgan fingerprint density at radius 2 is 1.84 bits per heavy atom. The summed E-state index contributed by atoms with van der Waals surface area (Å²) in [6, 6.07) is 9.53. The second-order valence-electron chi connectivity index (χ2n) is 3.61. The van der Waals surface area contributed by atoms with Crippen molar-refractivity contribution in [2.24, 2.45) is 5.10 Å². The fourth-order valence-corrected chi connectivity index (χ4v) is 1.48. The van der Waals surface area contributed by atoms with Crippen molar-refractivity contribution < 1.29 is 4.39 Å². The van der Waals surface area contributed by atoms with Crippen LogP contribution < -0.4 is 10.7 Å². The van der Waals surface area contributed by atoms with Gasteiger partial charge in [0.1, 0.15) is 5.82 Å². The zero-order valence-electron chi connectivity index (χ0n) is 9.88. The fraction of sp³-hybridized carbons (Fsp3) is 0. The summed E-state index contributed by atoms with van der Waals surface area (Å²) >= 11 is 5.04. The minimum atomic E-state index is -0.292. The van der Waals surface area contributed by atoms with Crippen LogP contribution in [-0.2, 0) is 0 Å². The Kier molecular flexibility index (Phi) is 4.52. The maximum absolute atomic E-state index is 12.7. The molecule has 19 heavy (non-hydrogen) atoms. The number of rotatable bonds is 3. The van der Waals surface area contributed by atoms with Gasteiger partial charge in [-0.25, -0.2) is 4.39 Å². The lowest BCUT2D eigenvalue weighted by Crippen LogP contribution is -2.23. The number of hydrogen-bond donors (Lipinski definition) is 2. The SMILES string of the molecule is Fc1ccc(NC(=S)N/N=C\c2ccncc2)cc1. The Morgan fingerprint density at radius 1 is 1.16 bits per heavy atom. The van der Waals surface area contributed by atoms with Gasteiger partial charge in [-0.1, -0.05) is 0 Å². The summed E-state index contributed by atoms with van der Waals surface area (Å²) in [6.07, 6.45) is 4.98. The maximum Gasteiger partial charge on any atom is 0.191 e. The molecule has 1 heterocycles. The van der Waals surface area contributed by atoms with Crippen molar-refractivity contribution in [2.45, 2.75) is 0 Å². The van der Waals surface area contributed by atoms with Gasteiger partial charge >= 0.3 is 0 Å². The number of anilines is 1. The molecule has 0 aliphatic carbocycles. The lowest BCUT2D eigenvalue weighted by molar-refractivity contribution is 0.628. The van der Waals surface area contributed by atoms with Crippen LogP contribution in [0.5, 0.6) is 0 Å². The van der Waals surface area contributed by atoms with E-state index in [2.05, 4.69) is 20.8 Å². The summed E-state index contributed by atoms with van der Waals surface area (Å²) in [5, 5.41) is 7.19. The fourth-order valence-electron chi connectivity index (χ4n) is 1.31. The molecule has 96 valence electrons. The number of benzene rings is 1. The Hall–Kier alpha value is -2.34. The van der Waals surface area contributed by atoms with Gasteiger partial charge in [0.15, 0.2) is 5.11 Å². The monoisotopic (exact) mass is 274 g/mol. The van der Waals surface area contributed by atoms with Gasteiger partial charge < -0.3 is 5.32 Å². The van der Waals surface area contributed by atoms with E-state index >= 15 is 0 Å². The van der Waals surface area contributed by atoms with Crippen LogP contribution in [0.4, 0.5) is 10.1 Å². The third kappa shape index (κ3) is 4.44. The summed E-state index contributed by atoms with van der Waals surface area (Å²) in [5.74, 6) is -0.292. The molecule has 0 unspecified atom stereocenters. The number of halogens is 1. The molecule has 0 atom stereocenters. The molecule has 1 aromatic heterocycles. The normalized spacial score (nSPS) is 10.4. The van der Waals surface area contributed by atoms with Gasteiger partial charge in [-0.3, -0.25) is 10.4 Å². The summed E-state index contributed by atoms with van der Waals surface area (Å²) in [5.41, 5.74) is 4.27. The Labute approximate surface area is 115 Å². The van der Waals surface area contributed by atoms with E-state index in [0.717, 1.165) is 5.56 Å². The molecule has 6 heteroatoms. The second kappa shape index (κ2) is 6.55. The van der Waals surface area contributed by atoms with Crippen molar-refractivity contribution in [3.63, 3.8) is 0 Å². The predicted octanol–water partition coefficient (Wildman–Crippen LogP) is 2.54. The number of hydrazone groups is 1. The van der Waals surface area contributed by atoms with Crippen LogP contribution in [0.25, 0.3) is 0 Å². The topological polar surface area (TPSA) is 49.3 Å². The highest BCUT2D eigenvalue weighted by molar-refractivity contribution is 7.80. The molecule has 2 rings (SSSR count). The second-order valence-corrected chi connectivity index (χ2v) is 4.02. The summed E-state index contributed by atoms with van der Waals surface area (Å²) in [6.45, 7) is 0. The lowest BCUT2D eigenvalue weighted by Gasteiger charge is -2.06. The van der Waals surface area contributed by atoms with Crippen LogP contribution >= 0.6 is 12.2 Å². The van der Waals surface area contributed by atoms with Crippen molar-refractivity contribution in [2.75, 3.05) is 5.32 Å². The van der Waals surface area contributed by atoms with Gasteiger partial charge in [0.2, 0.25) is 0 Å². The van der Waals surface area contributed by atoms with E-state index in [-0.39, 0.29) is 5.82 Å². The van der Waals surface area contributed by atoms with Gasteiger partial charge in [-0.15, -0.1) is 0 Å². The average Bonchev–Trinajstić information content (AvgIpc) is 2.43. The first kappa shape index (κ1) is 13.1. The Balaban J connectivity index is 1.85. The third-order valence-corrected chi connectivity index (χ3v) is 2.38. The van der Waals surface area contributed by atoms with Crippen LogP contribution in [0.1, 0.15) is 5.56 Å². The molecule has 0 saturated carbocycles. The number of nitrogens with zero attached hydrogens (tertiary/aromatic N) is 2. The molecule has 0 aliphatic rings. The summed E-state index contributed by atoms with van der Waals surface area (Å²) in [4.78, 5) is 3.90. The van der Waals surface area contributed by atoms with E-state index in [0.29, 0.717) is 10.8 Å². The molecule has 4 nitrogen and oxygen atoms in total. The van der Waals surface area contributed by atoms with Crippen molar-refractivity contribution in [3.05, 3.63) is 60.2 Å². The van der Waals surface area contributed by atoms with E-state index < -0.39 is 0 Å². The molecule has 2 aromatic rings. The van der Waals surface area contributed by atoms with Gasteiger partial charge in [0.25, 0.3) is 0 Å². The molecule has 0 bridgehead atoms. The van der Waals surface area contributed by atoms with E-state index in [9.17, 15) is 4.39 Å². The van der Waals surface area contributed by atoms with Crippen LogP contribution in [-0.4, -0.2) is 16.3 Å². The van der Waals surface area contributed by atoms with Crippen LogP contribution in [0.15, 0.2) is 53.9 Å². The van der Waals surface area contributed by atoms with E-state index in [1.54, 1.807) is 30.7 Å². The highest BCUT2D eigenvalue weighted by atomic mass is 32.1. The zero-order chi connectivity index (χ0) is 13.5. The van der Waals surface area contributed by atoms with E-state index in [1.807, 2.05) is 12.1 Å². The Bertz CT molecular complexity index is 569. The number of hydrogen-bond acceptors (Lipinski definition) is 3. The first-order chi connectivity index (χ1) is 9.24. The van der Waals surface area contributed by atoms with Gasteiger partial charge in [0.05, 0.1) is 6.21 Å². The number of nitrogens with one attached hydrogen (secondary N) is 2. The first-order valence-electron chi connectivity index (χ1n) is 5.50. The summed E-state index contributed by atoms with van der Waals surface area (Å²) < 4.78 is 12.7. The molecule has 0 aliphatic heterocycles. The van der Waals surface area contributed by atoms with Crippen molar-refractivity contribution in [1.29, 1.82) is 0 Å². The van der Waals surface area contributed by atoms with Crippen LogP contribution in [0, 0.1) is 5.82 Å². The first-order valence-corrected chi connectivity index (χ1v) is 5.90. The maximum atomic E-state index is 12.7. The molecule has 0 saturated heterocycles. The van der Waals surface area contributed by atoms with Crippen molar-refractivity contribution >= 4 is 29.2 Å². The predicted molar refractivity (Wildman–Crippen MR) is 77.6 cm³/mol. The lowest BCUT2D eigenvalue weighted by atomic mass is 10.3. The van der Waals surface area contributed by atoms with Crippen molar-refractivity contribution in [1.82, 2.24) is 10.4 Å². The molecule has 2 N–H and O–H groups in total. The smallest absolute Gasteiger partial charge is 0.191 e. The molecule has 1 aromatic carbocycles. The molecule has 0 fully saturated rings. The minimum absolute atomic E-state index is 0.292. The summed E-state index contributed by atoms with van der Waals surface area (Å²) in [7, 11) is 0. The number of thiocarbonyl (C=S) groups is 1. The zero-order valence-corrected chi connectivity index (χ0v) is 10.7. The number of aromatic nitrogens is 1. The molecule has 0 spiro atoms. The average molecular weight is 274 g/mol. The highest BCUT2D eigenvalue weighted by Crippen LogP contribution is 2.07.